The quantitative estimate of drug-likeness (QED) is 0.578. The maximum absolute atomic E-state index is 13.2. The SMILES string of the molecule is Cc1ccc2nc3n(c(=O)c2c1)C(Cc1c[nH]c2ccccc12)C(=O)NC3. The molecule has 0 radical (unpaired) electrons. The molecule has 1 atom stereocenters. The van der Waals surface area contributed by atoms with E-state index in [0.29, 0.717) is 23.1 Å². The third kappa shape index (κ3) is 2.44. The number of nitrogens with one attached hydrogen (secondary N) is 2. The molecule has 1 aliphatic rings. The Morgan fingerprint density at radius 3 is 2.89 bits per heavy atom. The van der Waals surface area contributed by atoms with Crippen molar-refractivity contribution < 1.29 is 4.79 Å². The molecule has 2 aromatic heterocycles. The normalized spacial score (nSPS) is 16.5. The molecule has 3 heterocycles. The van der Waals surface area contributed by atoms with Gasteiger partial charge >= 0.3 is 0 Å². The van der Waals surface area contributed by atoms with Gasteiger partial charge in [0.05, 0.1) is 17.4 Å². The van der Waals surface area contributed by atoms with Crippen molar-refractivity contribution in [1.29, 1.82) is 0 Å². The Morgan fingerprint density at radius 1 is 1.15 bits per heavy atom. The van der Waals surface area contributed by atoms with Crippen molar-refractivity contribution in [3.63, 3.8) is 0 Å². The third-order valence-electron chi connectivity index (χ3n) is 5.25. The number of aryl methyl sites for hydroxylation is 1. The number of benzene rings is 2. The molecule has 134 valence electrons. The summed E-state index contributed by atoms with van der Waals surface area (Å²) in [5, 5.41) is 4.50. The number of aromatic nitrogens is 3. The number of hydrogen-bond donors (Lipinski definition) is 2. The molecule has 0 aliphatic carbocycles. The molecule has 1 amide bonds. The highest BCUT2D eigenvalue weighted by molar-refractivity contribution is 5.86. The first-order chi connectivity index (χ1) is 13.1. The summed E-state index contributed by atoms with van der Waals surface area (Å²) in [7, 11) is 0. The molecule has 0 saturated heterocycles. The van der Waals surface area contributed by atoms with Crippen molar-refractivity contribution in [3.8, 4) is 0 Å². The van der Waals surface area contributed by atoms with Crippen LogP contribution < -0.4 is 10.9 Å². The molecule has 1 aliphatic heterocycles. The second kappa shape index (κ2) is 5.81. The maximum atomic E-state index is 13.2. The molecule has 0 saturated carbocycles. The number of hydrogen-bond acceptors (Lipinski definition) is 3. The summed E-state index contributed by atoms with van der Waals surface area (Å²) in [5.74, 6) is 0.449. The van der Waals surface area contributed by atoms with Crippen LogP contribution in [0.15, 0.2) is 53.5 Å². The Hall–Kier alpha value is -3.41. The summed E-state index contributed by atoms with van der Waals surface area (Å²) in [6, 6.07) is 13.0. The molecule has 4 aromatic rings. The van der Waals surface area contributed by atoms with Crippen LogP contribution in [0.25, 0.3) is 21.8 Å². The number of carbonyl (C=O) groups is 1. The summed E-state index contributed by atoms with van der Waals surface area (Å²) in [6.45, 7) is 2.21. The monoisotopic (exact) mass is 358 g/mol. The van der Waals surface area contributed by atoms with Crippen LogP contribution in [0.2, 0.25) is 0 Å². The number of rotatable bonds is 2. The molecule has 5 rings (SSSR count). The van der Waals surface area contributed by atoms with Crippen LogP contribution in [-0.4, -0.2) is 20.4 Å². The lowest BCUT2D eigenvalue weighted by molar-refractivity contribution is -0.125. The lowest BCUT2D eigenvalue weighted by Crippen LogP contribution is -2.45. The summed E-state index contributed by atoms with van der Waals surface area (Å²) in [5.41, 5.74) is 3.53. The minimum absolute atomic E-state index is 0.149. The van der Waals surface area contributed by atoms with Gasteiger partial charge in [0.1, 0.15) is 11.9 Å². The first-order valence-electron chi connectivity index (χ1n) is 8.96. The first-order valence-corrected chi connectivity index (χ1v) is 8.96. The number of fused-ring (bicyclic) bond motifs is 3. The number of nitrogens with zero attached hydrogens (tertiary/aromatic N) is 2. The molecule has 0 bridgehead atoms. The zero-order chi connectivity index (χ0) is 18.5. The fraction of sp³-hybridized carbons (Fsp3) is 0.190. The predicted molar refractivity (Wildman–Crippen MR) is 104 cm³/mol. The lowest BCUT2D eigenvalue weighted by atomic mass is 10.0. The standard InChI is InChI=1S/C21H18N4O2/c1-12-6-7-17-15(8-12)21(27)25-18(20(26)23-11-19(25)24-17)9-13-10-22-16-5-3-2-4-14(13)16/h2-8,10,18,22H,9,11H2,1H3,(H,23,26). The van der Waals surface area contributed by atoms with Crippen molar-refractivity contribution in [2.24, 2.45) is 0 Å². The maximum Gasteiger partial charge on any atom is 0.262 e. The Labute approximate surface area is 154 Å². The van der Waals surface area contributed by atoms with Crippen LogP contribution in [-0.2, 0) is 17.8 Å². The van der Waals surface area contributed by atoms with Gasteiger partial charge in [0.15, 0.2) is 0 Å². The summed E-state index contributed by atoms with van der Waals surface area (Å²) in [6.07, 6.45) is 2.34. The molecule has 0 spiro atoms. The molecule has 0 fully saturated rings. The van der Waals surface area contributed by atoms with Gasteiger partial charge in [0.25, 0.3) is 5.56 Å². The van der Waals surface area contributed by atoms with E-state index in [-0.39, 0.29) is 18.0 Å². The van der Waals surface area contributed by atoms with Gasteiger partial charge in [0.2, 0.25) is 5.91 Å². The highest BCUT2D eigenvalue weighted by Crippen LogP contribution is 2.25. The number of amides is 1. The van der Waals surface area contributed by atoms with E-state index in [1.165, 1.54) is 0 Å². The van der Waals surface area contributed by atoms with E-state index in [4.69, 9.17) is 0 Å². The van der Waals surface area contributed by atoms with Crippen molar-refractivity contribution in [2.45, 2.75) is 25.9 Å². The summed E-state index contributed by atoms with van der Waals surface area (Å²) in [4.78, 5) is 33.7. The van der Waals surface area contributed by atoms with Crippen molar-refractivity contribution in [1.82, 2.24) is 19.9 Å². The minimum atomic E-state index is -0.613. The fourth-order valence-corrected chi connectivity index (χ4v) is 3.90. The molecule has 2 aromatic carbocycles. The van der Waals surface area contributed by atoms with E-state index in [1.54, 1.807) is 4.57 Å². The minimum Gasteiger partial charge on any atom is -0.361 e. The predicted octanol–water partition coefficient (Wildman–Crippen LogP) is 2.60. The molecular weight excluding hydrogens is 340 g/mol. The Morgan fingerprint density at radius 2 is 2.00 bits per heavy atom. The molecule has 1 unspecified atom stereocenters. The summed E-state index contributed by atoms with van der Waals surface area (Å²) < 4.78 is 1.57. The van der Waals surface area contributed by atoms with Gasteiger partial charge < -0.3 is 10.3 Å². The van der Waals surface area contributed by atoms with Gasteiger partial charge in [-0.05, 0) is 30.7 Å². The van der Waals surface area contributed by atoms with Gasteiger partial charge in [-0.2, -0.15) is 0 Å². The van der Waals surface area contributed by atoms with Crippen LogP contribution in [0.5, 0.6) is 0 Å². The van der Waals surface area contributed by atoms with E-state index in [9.17, 15) is 9.59 Å². The Balaban J connectivity index is 1.68. The Bertz CT molecular complexity index is 1270. The van der Waals surface area contributed by atoms with Crippen LogP contribution in [0.3, 0.4) is 0 Å². The van der Waals surface area contributed by atoms with Crippen molar-refractivity contribution in [3.05, 3.63) is 76.0 Å². The first kappa shape index (κ1) is 15.8. The van der Waals surface area contributed by atoms with Gasteiger partial charge in [-0.3, -0.25) is 14.2 Å². The number of carbonyl (C=O) groups excluding carboxylic acids is 1. The van der Waals surface area contributed by atoms with Crippen LogP contribution in [0.1, 0.15) is 23.0 Å². The van der Waals surface area contributed by atoms with Gasteiger partial charge in [0, 0.05) is 23.5 Å². The largest absolute Gasteiger partial charge is 0.361 e. The van der Waals surface area contributed by atoms with E-state index >= 15 is 0 Å². The van der Waals surface area contributed by atoms with Crippen LogP contribution in [0.4, 0.5) is 0 Å². The van der Waals surface area contributed by atoms with Crippen LogP contribution in [0, 0.1) is 6.92 Å². The van der Waals surface area contributed by atoms with Crippen molar-refractivity contribution in [2.75, 3.05) is 0 Å². The van der Waals surface area contributed by atoms with E-state index < -0.39 is 6.04 Å². The van der Waals surface area contributed by atoms with E-state index in [0.717, 1.165) is 22.0 Å². The topological polar surface area (TPSA) is 79.8 Å². The number of aromatic amines is 1. The highest BCUT2D eigenvalue weighted by Gasteiger charge is 2.30. The molecule has 6 nitrogen and oxygen atoms in total. The van der Waals surface area contributed by atoms with Crippen LogP contribution >= 0.6 is 0 Å². The molecule has 2 N–H and O–H groups in total. The third-order valence-corrected chi connectivity index (χ3v) is 5.25. The zero-order valence-corrected chi connectivity index (χ0v) is 14.8. The molecule has 27 heavy (non-hydrogen) atoms. The smallest absolute Gasteiger partial charge is 0.262 e. The second-order valence-electron chi connectivity index (χ2n) is 7.02. The number of H-pyrrole nitrogens is 1. The highest BCUT2D eigenvalue weighted by atomic mass is 16.2. The fourth-order valence-electron chi connectivity index (χ4n) is 3.90. The number of para-hydroxylation sites is 1. The lowest BCUT2D eigenvalue weighted by Gasteiger charge is -2.27. The molecular formula is C21H18N4O2. The van der Waals surface area contributed by atoms with Gasteiger partial charge in [-0.25, -0.2) is 4.98 Å². The second-order valence-corrected chi connectivity index (χ2v) is 7.02. The van der Waals surface area contributed by atoms with Gasteiger partial charge in [-0.1, -0.05) is 29.8 Å². The van der Waals surface area contributed by atoms with E-state index in [2.05, 4.69) is 15.3 Å². The molecule has 6 heteroatoms. The van der Waals surface area contributed by atoms with Gasteiger partial charge in [-0.15, -0.1) is 0 Å². The van der Waals surface area contributed by atoms with E-state index in [1.807, 2.05) is 55.6 Å². The average molecular weight is 358 g/mol. The van der Waals surface area contributed by atoms with Crippen molar-refractivity contribution >= 4 is 27.7 Å². The Kier molecular flexibility index (Phi) is 3.40. The summed E-state index contributed by atoms with van der Waals surface area (Å²) >= 11 is 0. The average Bonchev–Trinajstić information content (AvgIpc) is 3.08. The zero-order valence-electron chi connectivity index (χ0n) is 14.8.